The maximum Gasteiger partial charge on any atom is 0.0894 e. The molecule has 0 saturated carbocycles. The third-order valence-electron chi connectivity index (χ3n) is 7.63. The number of aromatic nitrogens is 3. The largest absolute Gasteiger partial charge is 0.248 e. The standard InChI is InChI=1S/C37H23N3/c1-2-7-25(8-3-1)32-19-15-29-22-27(13-17-33(29)38-32)28-14-18-34-30(23-28)16-21-35(39-34)36-20-12-26-11-10-24-6-4-5-9-31(24)37(26)40-36/h1-23H. The maximum absolute atomic E-state index is 5.03. The molecule has 0 fully saturated rings. The molecule has 0 atom stereocenters. The minimum Gasteiger partial charge on any atom is -0.248 e. The molecule has 3 aromatic heterocycles. The summed E-state index contributed by atoms with van der Waals surface area (Å²) in [5, 5.41) is 5.72. The van der Waals surface area contributed by atoms with Crippen LogP contribution in [0, 0.1) is 0 Å². The highest BCUT2D eigenvalue weighted by Crippen LogP contribution is 2.30. The summed E-state index contributed by atoms with van der Waals surface area (Å²) in [6, 6.07) is 48.6. The zero-order valence-corrected chi connectivity index (χ0v) is 21.6. The van der Waals surface area contributed by atoms with Crippen LogP contribution in [-0.4, -0.2) is 15.0 Å². The van der Waals surface area contributed by atoms with Crippen molar-refractivity contribution in [3.63, 3.8) is 0 Å². The fourth-order valence-corrected chi connectivity index (χ4v) is 5.52. The van der Waals surface area contributed by atoms with Crippen LogP contribution in [0.1, 0.15) is 0 Å². The summed E-state index contributed by atoms with van der Waals surface area (Å²) in [4.78, 5) is 14.9. The van der Waals surface area contributed by atoms with Crippen LogP contribution in [0.3, 0.4) is 0 Å². The number of hydrogen-bond donors (Lipinski definition) is 0. The van der Waals surface area contributed by atoms with Gasteiger partial charge in [-0.1, -0.05) is 97.1 Å². The summed E-state index contributed by atoms with van der Waals surface area (Å²) in [6.07, 6.45) is 0. The fraction of sp³-hybridized carbons (Fsp3) is 0. The van der Waals surface area contributed by atoms with Crippen LogP contribution in [0.2, 0.25) is 0 Å². The lowest BCUT2D eigenvalue weighted by Crippen LogP contribution is -1.91. The van der Waals surface area contributed by atoms with Gasteiger partial charge in [-0.25, -0.2) is 15.0 Å². The quantitative estimate of drug-likeness (QED) is 0.223. The van der Waals surface area contributed by atoms with E-state index < -0.39 is 0 Å². The summed E-state index contributed by atoms with van der Waals surface area (Å²) in [6.45, 7) is 0. The Morgan fingerprint density at radius 2 is 0.875 bits per heavy atom. The lowest BCUT2D eigenvalue weighted by atomic mass is 10.0. The first kappa shape index (κ1) is 22.6. The molecule has 0 saturated heterocycles. The molecule has 0 aliphatic carbocycles. The molecular weight excluding hydrogens is 486 g/mol. The van der Waals surface area contributed by atoms with Gasteiger partial charge < -0.3 is 0 Å². The minimum absolute atomic E-state index is 0.876. The minimum atomic E-state index is 0.876. The Hall–Kier alpha value is -5.41. The third kappa shape index (κ3) is 3.88. The Bertz CT molecular complexity index is 2220. The second-order valence-electron chi connectivity index (χ2n) is 10.1. The second kappa shape index (κ2) is 9.11. The molecule has 8 aromatic rings. The van der Waals surface area contributed by atoms with Gasteiger partial charge in [-0.2, -0.15) is 0 Å². The summed E-state index contributed by atoms with van der Waals surface area (Å²) >= 11 is 0. The monoisotopic (exact) mass is 509 g/mol. The third-order valence-corrected chi connectivity index (χ3v) is 7.63. The lowest BCUT2D eigenvalue weighted by molar-refractivity contribution is 1.32. The van der Waals surface area contributed by atoms with Gasteiger partial charge in [0.2, 0.25) is 0 Å². The first-order valence-electron chi connectivity index (χ1n) is 13.4. The van der Waals surface area contributed by atoms with Crippen molar-refractivity contribution in [1.29, 1.82) is 0 Å². The highest BCUT2D eigenvalue weighted by molar-refractivity contribution is 6.05. The van der Waals surface area contributed by atoms with Crippen molar-refractivity contribution in [2.45, 2.75) is 0 Å². The van der Waals surface area contributed by atoms with E-state index in [0.717, 1.165) is 71.9 Å². The number of pyridine rings is 3. The summed E-state index contributed by atoms with van der Waals surface area (Å²) in [5.74, 6) is 0. The second-order valence-corrected chi connectivity index (χ2v) is 10.1. The van der Waals surface area contributed by atoms with Crippen molar-refractivity contribution < 1.29 is 0 Å². The molecule has 40 heavy (non-hydrogen) atoms. The Morgan fingerprint density at radius 3 is 1.62 bits per heavy atom. The highest BCUT2D eigenvalue weighted by Gasteiger charge is 2.09. The summed E-state index contributed by atoms with van der Waals surface area (Å²) < 4.78 is 0. The topological polar surface area (TPSA) is 38.7 Å². The van der Waals surface area contributed by atoms with E-state index in [4.69, 9.17) is 15.0 Å². The average molecular weight is 510 g/mol. The van der Waals surface area contributed by atoms with Gasteiger partial charge in [-0.3, -0.25) is 0 Å². The van der Waals surface area contributed by atoms with Crippen LogP contribution < -0.4 is 0 Å². The van der Waals surface area contributed by atoms with Gasteiger partial charge in [0, 0.05) is 27.1 Å². The van der Waals surface area contributed by atoms with E-state index in [1.807, 2.05) is 18.2 Å². The van der Waals surface area contributed by atoms with Crippen molar-refractivity contribution >= 4 is 43.5 Å². The first-order valence-corrected chi connectivity index (χ1v) is 13.4. The molecule has 5 aromatic carbocycles. The normalized spacial score (nSPS) is 11.5. The Balaban J connectivity index is 1.15. The van der Waals surface area contributed by atoms with Crippen molar-refractivity contribution in [3.05, 3.63) is 140 Å². The van der Waals surface area contributed by atoms with Gasteiger partial charge in [0.1, 0.15) is 0 Å². The van der Waals surface area contributed by atoms with Crippen LogP contribution in [0.5, 0.6) is 0 Å². The Morgan fingerprint density at radius 1 is 0.325 bits per heavy atom. The van der Waals surface area contributed by atoms with Crippen molar-refractivity contribution in [3.8, 4) is 33.8 Å². The van der Waals surface area contributed by atoms with E-state index in [2.05, 4.69) is 121 Å². The SMILES string of the molecule is c1ccc(-c2ccc3cc(-c4ccc5nc(-c6ccc7ccc8ccccc8c7n6)ccc5c4)ccc3n2)cc1. The predicted molar refractivity (Wildman–Crippen MR) is 166 cm³/mol. The molecule has 3 heterocycles. The van der Waals surface area contributed by atoms with E-state index >= 15 is 0 Å². The molecule has 0 unspecified atom stereocenters. The van der Waals surface area contributed by atoms with E-state index in [1.54, 1.807) is 0 Å². The number of nitrogens with zero attached hydrogens (tertiary/aromatic N) is 3. The van der Waals surface area contributed by atoms with E-state index in [-0.39, 0.29) is 0 Å². The molecule has 0 aliphatic rings. The predicted octanol–water partition coefficient (Wildman–Crippen LogP) is 9.49. The average Bonchev–Trinajstić information content (AvgIpc) is 3.04. The Labute approximate surface area is 231 Å². The van der Waals surface area contributed by atoms with Crippen molar-refractivity contribution in [2.24, 2.45) is 0 Å². The van der Waals surface area contributed by atoms with Crippen LogP contribution in [0.25, 0.3) is 77.3 Å². The number of rotatable bonds is 3. The first-order chi connectivity index (χ1) is 19.8. The van der Waals surface area contributed by atoms with Gasteiger partial charge >= 0.3 is 0 Å². The van der Waals surface area contributed by atoms with E-state index in [1.165, 1.54) is 5.39 Å². The number of benzene rings is 5. The highest BCUT2D eigenvalue weighted by atomic mass is 14.8. The zero-order valence-electron chi connectivity index (χ0n) is 21.6. The van der Waals surface area contributed by atoms with Gasteiger partial charge in [0.25, 0.3) is 0 Å². The van der Waals surface area contributed by atoms with E-state index in [0.29, 0.717) is 0 Å². The molecule has 0 bridgehead atoms. The van der Waals surface area contributed by atoms with Crippen LogP contribution >= 0.6 is 0 Å². The number of fused-ring (bicyclic) bond motifs is 5. The van der Waals surface area contributed by atoms with Crippen molar-refractivity contribution in [2.75, 3.05) is 0 Å². The van der Waals surface area contributed by atoms with Crippen LogP contribution in [0.15, 0.2) is 140 Å². The summed E-state index contributed by atoms with van der Waals surface area (Å²) in [7, 11) is 0. The van der Waals surface area contributed by atoms with Gasteiger partial charge in [0.05, 0.1) is 33.6 Å². The number of hydrogen-bond acceptors (Lipinski definition) is 3. The molecule has 0 aliphatic heterocycles. The molecule has 0 amide bonds. The van der Waals surface area contributed by atoms with Crippen LogP contribution in [-0.2, 0) is 0 Å². The van der Waals surface area contributed by atoms with Gasteiger partial charge in [-0.05, 0) is 59.0 Å². The smallest absolute Gasteiger partial charge is 0.0894 e. The van der Waals surface area contributed by atoms with Crippen molar-refractivity contribution in [1.82, 2.24) is 15.0 Å². The fourth-order valence-electron chi connectivity index (χ4n) is 5.52. The molecule has 0 N–H and O–H groups in total. The van der Waals surface area contributed by atoms with Crippen LogP contribution in [0.4, 0.5) is 0 Å². The molecule has 0 spiro atoms. The Kier molecular flexibility index (Phi) is 5.14. The molecular formula is C37H23N3. The summed E-state index contributed by atoms with van der Waals surface area (Å²) in [5.41, 5.74) is 9.15. The maximum atomic E-state index is 5.03. The van der Waals surface area contributed by atoms with Gasteiger partial charge in [0.15, 0.2) is 0 Å². The molecule has 3 nitrogen and oxygen atoms in total. The molecule has 8 rings (SSSR count). The lowest BCUT2D eigenvalue weighted by Gasteiger charge is -2.09. The molecule has 3 heteroatoms. The molecule has 0 radical (unpaired) electrons. The zero-order chi connectivity index (χ0) is 26.5. The van der Waals surface area contributed by atoms with Gasteiger partial charge in [-0.15, -0.1) is 0 Å². The van der Waals surface area contributed by atoms with E-state index in [9.17, 15) is 0 Å². The molecule has 186 valence electrons.